The van der Waals surface area contributed by atoms with E-state index in [1.807, 2.05) is 0 Å². The van der Waals surface area contributed by atoms with Gasteiger partial charge in [-0.3, -0.25) is 13.2 Å². The monoisotopic (exact) mass is 238 g/mol. The van der Waals surface area contributed by atoms with Gasteiger partial charge in [0.1, 0.15) is 0 Å². The van der Waals surface area contributed by atoms with Crippen LogP contribution in [0.2, 0.25) is 0 Å². The SMILES string of the molecule is [CH-]=C.[CH-]=C.[W+2]. The van der Waals surface area contributed by atoms with Gasteiger partial charge in [0, 0.05) is 0 Å². The Kier molecular flexibility index (Phi) is 5640. The Morgan fingerprint density at radius 1 is 0.800 bits per heavy atom. The van der Waals surface area contributed by atoms with E-state index in [1.165, 1.54) is 0 Å². The van der Waals surface area contributed by atoms with E-state index < -0.39 is 0 Å². The first kappa shape index (κ1) is 19.1. The molecule has 0 aliphatic heterocycles. The van der Waals surface area contributed by atoms with Gasteiger partial charge in [0.05, 0.1) is 0 Å². The molecule has 0 aliphatic carbocycles. The average molecular weight is 238 g/mol. The Morgan fingerprint density at radius 2 is 0.800 bits per heavy atom. The van der Waals surface area contributed by atoms with E-state index in [-0.39, 0.29) is 21.1 Å². The van der Waals surface area contributed by atoms with Crippen molar-refractivity contribution < 1.29 is 21.1 Å². The molecule has 0 unspecified atom stereocenters. The van der Waals surface area contributed by atoms with Crippen LogP contribution < -0.4 is 0 Å². The third kappa shape index (κ3) is 692. The standard InChI is InChI=1S/2C2H3.W/c2*1-2;/h2*1H,2H2;/q2*-1;+2. The molecule has 0 aromatic carbocycles. The molecule has 0 bridgehead atoms. The zero-order valence-electron chi connectivity index (χ0n) is 2.98. The van der Waals surface area contributed by atoms with Crippen LogP contribution in [0.5, 0.6) is 0 Å². The van der Waals surface area contributed by atoms with Gasteiger partial charge in [-0.1, -0.05) is 0 Å². The van der Waals surface area contributed by atoms with E-state index in [9.17, 15) is 0 Å². The summed E-state index contributed by atoms with van der Waals surface area (Å²) in [4.78, 5) is 0. The molecule has 0 spiro atoms. The minimum absolute atomic E-state index is 0. The number of rotatable bonds is 0. The minimum Gasteiger partial charge on any atom is -0.521 e. The van der Waals surface area contributed by atoms with Crippen LogP contribution in [0, 0.1) is 13.2 Å². The van der Waals surface area contributed by atoms with Gasteiger partial charge in [-0.25, -0.2) is 0 Å². The molecule has 0 aromatic rings. The zero-order chi connectivity index (χ0) is 4.00. The van der Waals surface area contributed by atoms with Crippen LogP contribution in [0.1, 0.15) is 0 Å². The summed E-state index contributed by atoms with van der Waals surface area (Å²) in [5, 5.41) is 0. The van der Waals surface area contributed by atoms with Crippen molar-refractivity contribution in [2.24, 2.45) is 0 Å². The smallest absolute Gasteiger partial charge is 0.521 e. The molecule has 0 heterocycles. The van der Waals surface area contributed by atoms with Gasteiger partial charge in [0.2, 0.25) is 0 Å². The molecule has 0 amide bonds. The summed E-state index contributed by atoms with van der Waals surface area (Å²) in [6.45, 7) is 14.0. The molecular formula is C4H6W. The van der Waals surface area contributed by atoms with Crippen molar-refractivity contribution in [2.45, 2.75) is 0 Å². The van der Waals surface area contributed by atoms with E-state index in [1.54, 1.807) is 0 Å². The maximum atomic E-state index is 4.25. The van der Waals surface area contributed by atoms with Crippen molar-refractivity contribution in [1.29, 1.82) is 0 Å². The Bertz CT molecular complexity index is 5.61. The van der Waals surface area contributed by atoms with Gasteiger partial charge in [-0.2, -0.15) is 0 Å². The molecule has 1 heteroatoms. The van der Waals surface area contributed by atoms with Crippen molar-refractivity contribution in [1.82, 2.24) is 0 Å². The maximum absolute atomic E-state index is 4.25. The zero-order valence-corrected chi connectivity index (χ0v) is 5.91. The van der Waals surface area contributed by atoms with Gasteiger partial charge in [-0.15, -0.1) is 0 Å². The molecule has 0 saturated carbocycles. The van der Waals surface area contributed by atoms with Crippen LogP contribution >= 0.6 is 0 Å². The summed E-state index contributed by atoms with van der Waals surface area (Å²) >= 11 is 0. The molecule has 0 atom stereocenters. The maximum Gasteiger partial charge on any atom is 2.00 e. The first-order chi connectivity index (χ1) is 2.00. The van der Waals surface area contributed by atoms with E-state index in [0.29, 0.717) is 0 Å². The average Bonchev–Trinajstić information content (AvgIpc) is 1.50. The molecule has 0 N–H and O–H groups in total. The number of hydrogen-bond acceptors (Lipinski definition) is 0. The molecule has 5 heavy (non-hydrogen) atoms. The van der Waals surface area contributed by atoms with Crippen LogP contribution in [0.25, 0.3) is 0 Å². The summed E-state index contributed by atoms with van der Waals surface area (Å²) in [5.41, 5.74) is 0. The Labute approximate surface area is 47.8 Å². The van der Waals surface area contributed by atoms with Crippen LogP contribution in [0.4, 0.5) is 0 Å². The van der Waals surface area contributed by atoms with Crippen molar-refractivity contribution in [2.75, 3.05) is 0 Å². The Balaban J connectivity index is -0.0000000133. The van der Waals surface area contributed by atoms with Crippen molar-refractivity contribution >= 4 is 0 Å². The van der Waals surface area contributed by atoms with Crippen LogP contribution in [-0.4, -0.2) is 0 Å². The summed E-state index contributed by atoms with van der Waals surface area (Å²) in [7, 11) is 0. The Morgan fingerprint density at radius 3 is 0.800 bits per heavy atom. The van der Waals surface area contributed by atoms with Crippen LogP contribution in [-0.2, 0) is 21.1 Å². The first-order valence-corrected chi connectivity index (χ1v) is 0.816. The summed E-state index contributed by atoms with van der Waals surface area (Å²) in [5.74, 6) is 0. The van der Waals surface area contributed by atoms with Gasteiger partial charge in [0.25, 0.3) is 0 Å². The third-order valence-electron chi connectivity index (χ3n) is 0. The van der Waals surface area contributed by atoms with E-state index in [0.717, 1.165) is 0 Å². The van der Waals surface area contributed by atoms with E-state index in [4.69, 9.17) is 0 Å². The summed E-state index contributed by atoms with van der Waals surface area (Å²) in [6.07, 6.45) is 0. The summed E-state index contributed by atoms with van der Waals surface area (Å²) in [6, 6.07) is 0. The van der Waals surface area contributed by atoms with Crippen molar-refractivity contribution in [3.05, 3.63) is 26.3 Å². The van der Waals surface area contributed by atoms with E-state index in [2.05, 4.69) is 26.3 Å². The molecule has 0 fully saturated rings. The predicted molar refractivity (Wildman–Crippen MR) is 19.9 cm³/mol. The molecular weight excluding hydrogens is 232 g/mol. The molecule has 0 radical (unpaired) electrons. The summed E-state index contributed by atoms with van der Waals surface area (Å²) < 4.78 is 0. The van der Waals surface area contributed by atoms with Crippen LogP contribution in [0.15, 0.2) is 13.2 Å². The fourth-order valence-electron chi connectivity index (χ4n) is 0. The second kappa shape index (κ2) is 1480. The van der Waals surface area contributed by atoms with Gasteiger partial charge in [-0.05, 0) is 0 Å². The molecule has 0 rings (SSSR count). The predicted octanol–water partition coefficient (Wildman–Crippen LogP) is 1.21. The molecule has 28 valence electrons. The first-order valence-electron chi connectivity index (χ1n) is 0.816. The largest absolute Gasteiger partial charge is 2.00 e. The third-order valence-corrected chi connectivity index (χ3v) is 0. The minimum atomic E-state index is 0. The molecule has 0 saturated heterocycles. The molecule has 0 nitrogen and oxygen atoms in total. The normalized spacial score (nSPS) is 1.60. The number of hydrogen-bond donors (Lipinski definition) is 0. The van der Waals surface area contributed by atoms with Gasteiger partial charge >= 0.3 is 21.1 Å². The topological polar surface area (TPSA) is 0 Å². The van der Waals surface area contributed by atoms with Gasteiger partial charge in [0.15, 0.2) is 0 Å². The molecule has 0 aromatic heterocycles. The van der Waals surface area contributed by atoms with Crippen molar-refractivity contribution in [3.8, 4) is 0 Å². The molecule has 0 aliphatic rings. The van der Waals surface area contributed by atoms with Gasteiger partial charge < -0.3 is 13.2 Å². The quantitative estimate of drug-likeness (QED) is 0.556. The van der Waals surface area contributed by atoms with Crippen LogP contribution in [0.3, 0.4) is 0 Å². The fourth-order valence-corrected chi connectivity index (χ4v) is 0. The second-order valence-corrected chi connectivity index (χ2v) is 0. The second-order valence-electron chi connectivity index (χ2n) is 0. The van der Waals surface area contributed by atoms with E-state index >= 15 is 0 Å². The Hall–Kier alpha value is 0.168. The van der Waals surface area contributed by atoms with Crippen molar-refractivity contribution in [3.63, 3.8) is 0 Å². The fraction of sp³-hybridized carbons (Fsp3) is 0.